The first kappa shape index (κ1) is 15.2. The lowest BCUT2D eigenvalue weighted by atomic mass is 9.94. The van der Waals surface area contributed by atoms with Crippen LogP contribution in [0.15, 0.2) is 48.5 Å². The fourth-order valence-corrected chi connectivity index (χ4v) is 2.84. The molecule has 0 aromatic heterocycles. The molecule has 3 nitrogen and oxygen atoms in total. The van der Waals surface area contributed by atoms with Crippen LogP contribution in [0.25, 0.3) is 0 Å². The summed E-state index contributed by atoms with van der Waals surface area (Å²) in [7, 11) is 0. The van der Waals surface area contributed by atoms with E-state index in [2.05, 4.69) is 5.32 Å². The van der Waals surface area contributed by atoms with Crippen LogP contribution in [-0.2, 0) is 17.7 Å². The Bertz CT molecular complexity index is 618. The second-order valence-corrected chi connectivity index (χ2v) is 5.57. The molecule has 0 bridgehead atoms. The average molecular weight is 301 g/mol. The lowest BCUT2D eigenvalue weighted by molar-refractivity contribution is -0.0456. The molecule has 116 valence electrons. The maximum absolute atomic E-state index is 13.3. The first-order chi connectivity index (χ1) is 10.7. The van der Waals surface area contributed by atoms with E-state index >= 15 is 0 Å². The van der Waals surface area contributed by atoms with Gasteiger partial charge >= 0.3 is 0 Å². The summed E-state index contributed by atoms with van der Waals surface area (Å²) in [6, 6.07) is 14.7. The van der Waals surface area contributed by atoms with Crippen LogP contribution in [0.1, 0.15) is 22.8 Å². The molecule has 1 aliphatic rings. The van der Waals surface area contributed by atoms with Gasteiger partial charge in [0, 0.05) is 13.1 Å². The molecule has 0 radical (unpaired) electrons. The molecule has 1 heterocycles. The van der Waals surface area contributed by atoms with E-state index < -0.39 is 12.2 Å². The topological polar surface area (TPSA) is 41.5 Å². The van der Waals surface area contributed by atoms with Gasteiger partial charge in [0.1, 0.15) is 11.9 Å². The molecular weight excluding hydrogens is 281 g/mol. The van der Waals surface area contributed by atoms with Crippen LogP contribution in [-0.4, -0.2) is 24.4 Å². The van der Waals surface area contributed by atoms with Crippen LogP contribution >= 0.6 is 0 Å². The fourth-order valence-electron chi connectivity index (χ4n) is 2.84. The number of fused-ring (bicyclic) bond motifs is 1. The second-order valence-electron chi connectivity index (χ2n) is 5.57. The Morgan fingerprint density at radius 1 is 1.23 bits per heavy atom. The molecule has 0 saturated heterocycles. The summed E-state index contributed by atoms with van der Waals surface area (Å²) in [5, 5.41) is 13.6. The first-order valence-electron chi connectivity index (χ1n) is 7.56. The molecule has 1 aliphatic heterocycles. The molecule has 4 heteroatoms. The molecule has 3 rings (SSSR count). The lowest BCUT2D eigenvalue weighted by Gasteiger charge is -2.30. The van der Waals surface area contributed by atoms with Crippen molar-refractivity contribution in [3.05, 3.63) is 71.0 Å². The highest BCUT2D eigenvalue weighted by Gasteiger charge is 2.27. The van der Waals surface area contributed by atoms with Gasteiger partial charge < -0.3 is 15.2 Å². The molecule has 2 atom stereocenters. The summed E-state index contributed by atoms with van der Waals surface area (Å²) in [4.78, 5) is 0. The van der Waals surface area contributed by atoms with E-state index in [9.17, 15) is 9.50 Å². The first-order valence-corrected chi connectivity index (χ1v) is 7.56. The Morgan fingerprint density at radius 2 is 2.05 bits per heavy atom. The molecule has 22 heavy (non-hydrogen) atoms. The summed E-state index contributed by atoms with van der Waals surface area (Å²) >= 11 is 0. The minimum atomic E-state index is -0.659. The second kappa shape index (κ2) is 7.01. The van der Waals surface area contributed by atoms with Crippen LogP contribution in [0, 0.1) is 5.82 Å². The fraction of sp³-hybridized carbons (Fsp3) is 0.333. The molecular formula is C18H20FNO2. The van der Waals surface area contributed by atoms with Gasteiger partial charge in [0.15, 0.2) is 0 Å². The molecule has 0 saturated carbocycles. The van der Waals surface area contributed by atoms with Crippen LogP contribution in [0.2, 0.25) is 0 Å². The van der Waals surface area contributed by atoms with Gasteiger partial charge in [-0.05, 0) is 35.2 Å². The van der Waals surface area contributed by atoms with E-state index in [0.717, 1.165) is 11.1 Å². The maximum Gasteiger partial charge on any atom is 0.123 e. The van der Waals surface area contributed by atoms with Gasteiger partial charge in [0.2, 0.25) is 0 Å². The van der Waals surface area contributed by atoms with E-state index in [4.69, 9.17) is 4.74 Å². The van der Waals surface area contributed by atoms with Gasteiger partial charge in [-0.3, -0.25) is 0 Å². The predicted molar refractivity (Wildman–Crippen MR) is 83.0 cm³/mol. The van der Waals surface area contributed by atoms with Crippen molar-refractivity contribution in [3.63, 3.8) is 0 Å². The van der Waals surface area contributed by atoms with Gasteiger partial charge in [-0.15, -0.1) is 0 Å². The Kier molecular flexibility index (Phi) is 4.83. The van der Waals surface area contributed by atoms with Gasteiger partial charge in [0.25, 0.3) is 0 Å². The highest BCUT2D eigenvalue weighted by atomic mass is 19.1. The summed E-state index contributed by atoms with van der Waals surface area (Å²) in [6.45, 7) is 1.63. The normalized spacial score (nSPS) is 18.7. The third-order valence-corrected chi connectivity index (χ3v) is 3.96. The SMILES string of the molecule is O[C@H](CNCc1ccccc1)C1OCCc2cc(F)ccc21. The maximum atomic E-state index is 13.3. The predicted octanol–water partition coefficient (Wildman–Crippen LogP) is 2.59. The summed E-state index contributed by atoms with van der Waals surface area (Å²) in [5.74, 6) is -0.240. The number of ether oxygens (including phenoxy) is 1. The molecule has 1 unspecified atom stereocenters. The highest BCUT2D eigenvalue weighted by molar-refractivity contribution is 5.32. The number of benzene rings is 2. The minimum absolute atomic E-state index is 0.240. The zero-order chi connectivity index (χ0) is 15.4. The number of halogens is 1. The van der Waals surface area contributed by atoms with Crippen molar-refractivity contribution in [3.8, 4) is 0 Å². The monoisotopic (exact) mass is 301 g/mol. The number of aliphatic hydroxyl groups excluding tert-OH is 1. The molecule has 0 amide bonds. The standard InChI is InChI=1S/C18H20FNO2/c19-15-6-7-16-14(10-15)8-9-22-18(16)17(21)12-20-11-13-4-2-1-3-5-13/h1-7,10,17-18,20-21H,8-9,11-12H2/t17-,18?/m1/s1. The van der Waals surface area contributed by atoms with Gasteiger partial charge in [-0.2, -0.15) is 0 Å². The van der Waals surface area contributed by atoms with Gasteiger partial charge in [-0.25, -0.2) is 4.39 Å². The van der Waals surface area contributed by atoms with E-state index in [1.54, 1.807) is 6.07 Å². The third kappa shape index (κ3) is 3.53. The smallest absolute Gasteiger partial charge is 0.123 e. The summed E-state index contributed by atoms with van der Waals surface area (Å²) in [6.07, 6.45) is -0.367. The van der Waals surface area contributed by atoms with E-state index in [1.165, 1.54) is 17.7 Å². The zero-order valence-electron chi connectivity index (χ0n) is 12.3. The van der Waals surface area contributed by atoms with Crippen molar-refractivity contribution >= 4 is 0 Å². The number of hydrogen-bond acceptors (Lipinski definition) is 3. The molecule has 0 aliphatic carbocycles. The largest absolute Gasteiger partial charge is 0.389 e. The van der Waals surface area contributed by atoms with Crippen molar-refractivity contribution in [2.75, 3.05) is 13.2 Å². The van der Waals surface area contributed by atoms with Crippen LogP contribution in [0.4, 0.5) is 4.39 Å². The van der Waals surface area contributed by atoms with E-state index in [-0.39, 0.29) is 5.82 Å². The average Bonchev–Trinajstić information content (AvgIpc) is 2.55. The Labute approximate surface area is 129 Å². The number of rotatable bonds is 5. The van der Waals surface area contributed by atoms with Gasteiger partial charge in [-0.1, -0.05) is 36.4 Å². The van der Waals surface area contributed by atoms with E-state index in [1.807, 2.05) is 30.3 Å². The summed E-state index contributed by atoms with van der Waals surface area (Å²) < 4.78 is 19.0. The van der Waals surface area contributed by atoms with Crippen molar-refractivity contribution in [2.45, 2.75) is 25.2 Å². The van der Waals surface area contributed by atoms with Crippen LogP contribution < -0.4 is 5.32 Å². The number of aliphatic hydroxyl groups is 1. The molecule has 2 aromatic carbocycles. The molecule has 0 fully saturated rings. The Balaban J connectivity index is 1.60. The molecule has 0 spiro atoms. The Morgan fingerprint density at radius 3 is 2.86 bits per heavy atom. The van der Waals surface area contributed by atoms with Crippen LogP contribution in [0.5, 0.6) is 0 Å². The number of hydrogen-bond donors (Lipinski definition) is 2. The molecule has 2 N–H and O–H groups in total. The van der Waals surface area contributed by atoms with Crippen molar-refractivity contribution in [2.24, 2.45) is 0 Å². The van der Waals surface area contributed by atoms with Crippen LogP contribution in [0.3, 0.4) is 0 Å². The van der Waals surface area contributed by atoms with E-state index in [0.29, 0.717) is 26.1 Å². The van der Waals surface area contributed by atoms with Gasteiger partial charge in [0.05, 0.1) is 12.7 Å². The lowest BCUT2D eigenvalue weighted by Crippen LogP contribution is -2.35. The van der Waals surface area contributed by atoms with Crippen molar-refractivity contribution in [1.82, 2.24) is 5.32 Å². The molecule has 2 aromatic rings. The minimum Gasteiger partial charge on any atom is -0.389 e. The van der Waals surface area contributed by atoms with Crippen molar-refractivity contribution in [1.29, 1.82) is 0 Å². The Hall–Kier alpha value is -1.75. The highest BCUT2D eigenvalue weighted by Crippen LogP contribution is 2.30. The van der Waals surface area contributed by atoms with Crippen molar-refractivity contribution < 1.29 is 14.2 Å². The zero-order valence-corrected chi connectivity index (χ0v) is 12.3. The summed E-state index contributed by atoms with van der Waals surface area (Å²) in [5.41, 5.74) is 2.99. The quantitative estimate of drug-likeness (QED) is 0.892. The number of nitrogens with one attached hydrogen (secondary N) is 1. The third-order valence-electron chi connectivity index (χ3n) is 3.96.